The smallest absolute Gasteiger partial charge is 0.348 e. The van der Waals surface area contributed by atoms with Crippen LogP contribution in [0.2, 0.25) is 0 Å². The zero-order valence-corrected chi connectivity index (χ0v) is 18.0. The number of nitrogens with one attached hydrogen (secondary N) is 1. The standard InChI is InChI=1S/C23H20N2O5S/c1-4-30-15-6-7-18-16(11-15)21(26)17(12-25(18)2)22(27)24-14-5-8-19-13(9-14)10-20(31-19)23(28)29-3/h5-12H,4H2,1-3H3,(H,24,27). The molecular formula is C23H20N2O5S. The van der Waals surface area contributed by atoms with Gasteiger partial charge in [-0.15, -0.1) is 11.3 Å². The number of methoxy groups -OCH3 is 1. The topological polar surface area (TPSA) is 86.6 Å². The van der Waals surface area contributed by atoms with Crippen LogP contribution in [0.5, 0.6) is 5.75 Å². The molecule has 4 rings (SSSR count). The molecule has 0 aliphatic carbocycles. The first-order chi connectivity index (χ1) is 14.9. The Labute approximate surface area is 181 Å². The van der Waals surface area contributed by atoms with Crippen molar-refractivity contribution in [1.82, 2.24) is 4.57 Å². The van der Waals surface area contributed by atoms with Gasteiger partial charge < -0.3 is 19.4 Å². The van der Waals surface area contributed by atoms with Crippen molar-refractivity contribution >= 4 is 49.9 Å². The molecule has 2 heterocycles. The van der Waals surface area contributed by atoms with Crippen LogP contribution in [0.4, 0.5) is 5.69 Å². The molecule has 2 aromatic carbocycles. The number of aryl methyl sites for hydroxylation is 1. The lowest BCUT2D eigenvalue weighted by Crippen LogP contribution is -2.23. The van der Waals surface area contributed by atoms with E-state index in [1.165, 1.54) is 24.6 Å². The number of benzene rings is 2. The third-order valence-electron chi connectivity index (χ3n) is 4.88. The van der Waals surface area contributed by atoms with Gasteiger partial charge in [-0.3, -0.25) is 9.59 Å². The van der Waals surface area contributed by atoms with Gasteiger partial charge in [0.15, 0.2) is 0 Å². The Morgan fingerprint density at radius 1 is 1.13 bits per heavy atom. The molecule has 0 atom stereocenters. The molecule has 2 aromatic heterocycles. The van der Waals surface area contributed by atoms with E-state index >= 15 is 0 Å². The van der Waals surface area contributed by atoms with E-state index in [0.717, 1.165) is 10.1 Å². The number of anilines is 1. The van der Waals surface area contributed by atoms with Crippen molar-refractivity contribution < 1.29 is 19.1 Å². The summed E-state index contributed by atoms with van der Waals surface area (Å²) in [5.74, 6) is -0.334. The van der Waals surface area contributed by atoms with Gasteiger partial charge in [-0.25, -0.2) is 4.79 Å². The molecule has 0 fully saturated rings. The minimum absolute atomic E-state index is 0.0318. The number of rotatable bonds is 5. The number of fused-ring (bicyclic) bond motifs is 2. The number of amides is 1. The van der Waals surface area contributed by atoms with Crippen molar-refractivity contribution in [1.29, 1.82) is 0 Å². The Kier molecular flexibility index (Phi) is 5.48. The van der Waals surface area contributed by atoms with Crippen molar-refractivity contribution in [2.45, 2.75) is 6.92 Å². The fourth-order valence-corrected chi connectivity index (χ4v) is 4.37. The summed E-state index contributed by atoms with van der Waals surface area (Å²) in [6.07, 6.45) is 1.53. The lowest BCUT2D eigenvalue weighted by molar-refractivity contribution is 0.0606. The Morgan fingerprint density at radius 2 is 1.94 bits per heavy atom. The highest BCUT2D eigenvalue weighted by molar-refractivity contribution is 7.20. The van der Waals surface area contributed by atoms with Crippen LogP contribution in [-0.4, -0.2) is 30.2 Å². The van der Waals surface area contributed by atoms with Crippen LogP contribution in [0.25, 0.3) is 21.0 Å². The second-order valence-electron chi connectivity index (χ2n) is 6.90. The molecule has 0 spiro atoms. The summed E-state index contributed by atoms with van der Waals surface area (Å²) in [6, 6.07) is 12.3. The molecule has 8 heteroatoms. The quantitative estimate of drug-likeness (QED) is 0.474. The summed E-state index contributed by atoms with van der Waals surface area (Å²) in [6.45, 7) is 2.35. The summed E-state index contributed by atoms with van der Waals surface area (Å²) in [4.78, 5) is 38.1. The number of ether oxygens (including phenoxy) is 2. The SMILES string of the molecule is CCOc1ccc2c(c1)c(=O)c(C(=O)Nc1ccc3sc(C(=O)OC)cc3c1)cn2C. The molecule has 0 saturated carbocycles. The van der Waals surface area contributed by atoms with Crippen LogP contribution >= 0.6 is 11.3 Å². The summed E-state index contributed by atoms with van der Waals surface area (Å²) in [7, 11) is 3.12. The fraction of sp³-hybridized carbons (Fsp3) is 0.174. The normalized spacial score (nSPS) is 10.9. The van der Waals surface area contributed by atoms with Gasteiger partial charge in [0.25, 0.3) is 5.91 Å². The van der Waals surface area contributed by atoms with Crippen molar-refractivity contribution in [3.8, 4) is 5.75 Å². The minimum atomic E-state index is -0.507. The fourth-order valence-electron chi connectivity index (χ4n) is 3.41. The van der Waals surface area contributed by atoms with Crippen molar-refractivity contribution in [2.75, 3.05) is 19.0 Å². The predicted octanol–water partition coefficient (Wildman–Crippen LogP) is 4.19. The van der Waals surface area contributed by atoms with Crippen LogP contribution in [0.1, 0.15) is 27.0 Å². The molecule has 7 nitrogen and oxygen atoms in total. The third kappa shape index (κ3) is 3.89. The monoisotopic (exact) mass is 436 g/mol. The number of carbonyl (C=O) groups is 2. The van der Waals surface area contributed by atoms with Crippen LogP contribution in [-0.2, 0) is 11.8 Å². The number of pyridine rings is 1. The van der Waals surface area contributed by atoms with Crippen molar-refractivity contribution in [3.63, 3.8) is 0 Å². The molecule has 1 amide bonds. The number of thiophene rings is 1. The highest BCUT2D eigenvalue weighted by atomic mass is 32.1. The van der Waals surface area contributed by atoms with E-state index in [2.05, 4.69) is 5.32 Å². The molecule has 1 N–H and O–H groups in total. The van der Waals surface area contributed by atoms with Gasteiger partial charge in [0.1, 0.15) is 16.2 Å². The maximum absolute atomic E-state index is 13.0. The first-order valence-electron chi connectivity index (χ1n) is 9.60. The maximum atomic E-state index is 13.0. The highest BCUT2D eigenvalue weighted by Crippen LogP contribution is 2.29. The average Bonchev–Trinajstić information content (AvgIpc) is 3.19. The molecule has 0 aliphatic heterocycles. The number of carbonyl (C=O) groups excluding carboxylic acids is 2. The lowest BCUT2D eigenvalue weighted by Gasteiger charge is -2.11. The summed E-state index contributed by atoms with van der Waals surface area (Å²) >= 11 is 1.31. The van der Waals surface area contributed by atoms with E-state index < -0.39 is 11.9 Å². The number of nitrogens with zero attached hydrogens (tertiary/aromatic N) is 1. The van der Waals surface area contributed by atoms with Crippen LogP contribution in [0.15, 0.2) is 53.5 Å². The molecule has 0 bridgehead atoms. The molecule has 0 aliphatic rings. The van der Waals surface area contributed by atoms with Crippen LogP contribution in [0.3, 0.4) is 0 Å². The van der Waals surface area contributed by atoms with Gasteiger partial charge in [-0.05, 0) is 54.8 Å². The first-order valence-corrected chi connectivity index (χ1v) is 10.4. The van der Waals surface area contributed by atoms with Gasteiger partial charge in [0.2, 0.25) is 5.43 Å². The van der Waals surface area contributed by atoms with E-state index in [4.69, 9.17) is 9.47 Å². The number of aromatic nitrogens is 1. The summed E-state index contributed by atoms with van der Waals surface area (Å²) < 4.78 is 12.9. The molecule has 4 aromatic rings. The van der Waals surface area contributed by atoms with Gasteiger partial charge in [-0.2, -0.15) is 0 Å². The van der Waals surface area contributed by atoms with Gasteiger partial charge in [0, 0.05) is 23.6 Å². The van der Waals surface area contributed by atoms with Gasteiger partial charge in [-0.1, -0.05) is 0 Å². The zero-order valence-electron chi connectivity index (χ0n) is 17.2. The van der Waals surface area contributed by atoms with Crippen molar-refractivity contribution in [2.24, 2.45) is 7.05 Å². The van der Waals surface area contributed by atoms with Crippen LogP contribution < -0.4 is 15.5 Å². The average molecular weight is 436 g/mol. The Bertz CT molecular complexity index is 1390. The Balaban J connectivity index is 1.68. The molecule has 0 saturated heterocycles. The van der Waals surface area contributed by atoms with E-state index in [1.54, 1.807) is 48.0 Å². The third-order valence-corrected chi connectivity index (χ3v) is 5.97. The van der Waals surface area contributed by atoms with Gasteiger partial charge >= 0.3 is 5.97 Å². The number of hydrogen-bond acceptors (Lipinski definition) is 6. The molecule has 0 radical (unpaired) electrons. The lowest BCUT2D eigenvalue weighted by atomic mass is 10.1. The predicted molar refractivity (Wildman–Crippen MR) is 121 cm³/mol. The molecule has 0 unspecified atom stereocenters. The minimum Gasteiger partial charge on any atom is -0.494 e. The Morgan fingerprint density at radius 3 is 2.68 bits per heavy atom. The van der Waals surface area contributed by atoms with E-state index in [1.807, 2.05) is 13.0 Å². The highest BCUT2D eigenvalue weighted by Gasteiger charge is 2.16. The van der Waals surface area contributed by atoms with E-state index in [0.29, 0.717) is 33.8 Å². The van der Waals surface area contributed by atoms with Crippen molar-refractivity contribution in [3.05, 3.63) is 69.3 Å². The zero-order chi connectivity index (χ0) is 22.1. The first kappa shape index (κ1) is 20.6. The van der Waals surface area contributed by atoms with Gasteiger partial charge in [0.05, 0.1) is 24.6 Å². The maximum Gasteiger partial charge on any atom is 0.348 e. The largest absolute Gasteiger partial charge is 0.494 e. The second kappa shape index (κ2) is 8.23. The Hall–Kier alpha value is -3.65. The number of hydrogen-bond donors (Lipinski definition) is 1. The molecular weight excluding hydrogens is 416 g/mol. The molecule has 31 heavy (non-hydrogen) atoms. The summed E-state index contributed by atoms with van der Waals surface area (Å²) in [5.41, 5.74) is 0.901. The summed E-state index contributed by atoms with van der Waals surface area (Å²) in [5, 5.41) is 4.00. The number of esters is 1. The molecule has 158 valence electrons. The van der Waals surface area contributed by atoms with E-state index in [9.17, 15) is 14.4 Å². The second-order valence-corrected chi connectivity index (χ2v) is 7.99. The van der Waals surface area contributed by atoms with Crippen LogP contribution in [0, 0.1) is 0 Å². The van der Waals surface area contributed by atoms with E-state index in [-0.39, 0.29) is 11.0 Å².